The second-order valence-electron chi connectivity index (χ2n) is 5.31. The predicted molar refractivity (Wildman–Crippen MR) is 57.4 cm³/mol. The fourth-order valence-corrected chi connectivity index (χ4v) is 2.76. The molecule has 0 aromatic heterocycles. The average molecular weight is 198 g/mol. The maximum atomic E-state index is 5.63. The lowest BCUT2D eigenvalue weighted by atomic mass is 9.81. The quantitative estimate of drug-likeness (QED) is 0.717. The summed E-state index contributed by atoms with van der Waals surface area (Å²) < 4.78 is 5.63. The Labute approximate surface area is 86.8 Å². The van der Waals surface area contributed by atoms with Crippen molar-refractivity contribution in [3.63, 3.8) is 0 Å². The van der Waals surface area contributed by atoms with Gasteiger partial charge in [-0.3, -0.25) is 0 Å². The van der Waals surface area contributed by atoms with Crippen LogP contribution in [0.4, 0.5) is 0 Å². The number of fused-ring (bicyclic) bond motifs is 1. The minimum absolute atomic E-state index is 0.402. The molecule has 2 saturated heterocycles. The van der Waals surface area contributed by atoms with Crippen molar-refractivity contribution < 1.29 is 4.74 Å². The van der Waals surface area contributed by atoms with Crippen molar-refractivity contribution in [2.24, 2.45) is 11.3 Å². The van der Waals surface area contributed by atoms with E-state index in [1.807, 2.05) is 0 Å². The van der Waals surface area contributed by atoms with E-state index in [0.29, 0.717) is 11.5 Å². The van der Waals surface area contributed by atoms with Crippen molar-refractivity contribution in [2.75, 3.05) is 39.9 Å². The molecule has 0 aromatic rings. The highest BCUT2D eigenvalue weighted by Gasteiger charge is 2.49. The van der Waals surface area contributed by atoms with Gasteiger partial charge in [0.2, 0.25) is 0 Å². The van der Waals surface area contributed by atoms with Crippen molar-refractivity contribution in [3.8, 4) is 0 Å². The van der Waals surface area contributed by atoms with Gasteiger partial charge in [-0.1, -0.05) is 13.8 Å². The summed E-state index contributed by atoms with van der Waals surface area (Å²) in [4.78, 5) is 2.44. The van der Waals surface area contributed by atoms with E-state index >= 15 is 0 Å². The van der Waals surface area contributed by atoms with E-state index in [9.17, 15) is 0 Å². The van der Waals surface area contributed by atoms with Gasteiger partial charge in [-0.05, 0) is 7.05 Å². The molecule has 0 bridgehead atoms. The Bertz CT molecular complexity index is 207. The number of rotatable bonds is 3. The van der Waals surface area contributed by atoms with Gasteiger partial charge in [-0.2, -0.15) is 0 Å². The average Bonchev–Trinajstić information content (AvgIpc) is 2.56. The molecule has 2 heterocycles. The second kappa shape index (κ2) is 3.80. The van der Waals surface area contributed by atoms with Crippen LogP contribution in [0.15, 0.2) is 0 Å². The van der Waals surface area contributed by atoms with E-state index in [-0.39, 0.29) is 0 Å². The SMILES string of the molecule is CC(C)NCC12COCC1CN(C)C2. The van der Waals surface area contributed by atoms with Crippen molar-refractivity contribution >= 4 is 0 Å². The fourth-order valence-electron chi connectivity index (χ4n) is 2.76. The molecule has 14 heavy (non-hydrogen) atoms. The highest BCUT2D eigenvalue weighted by atomic mass is 16.5. The molecule has 2 atom stereocenters. The molecule has 3 nitrogen and oxygen atoms in total. The van der Waals surface area contributed by atoms with Crippen molar-refractivity contribution in [2.45, 2.75) is 19.9 Å². The summed E-state index contributed by atoms with van der Waals surface area (Å²) in [5.41, 5.74) is 0.402. The zero-order valence-electron chi connectivity index (χ0n) is 9.55. The zero-order chi connectivity index (χ0) is 10.2. The van der Waals surface area contributed by atoms with Crippen LogP contribution in [0.5, 0.6) is 0 Å². The molecule has 1 N–H and O–H groups in total. The van der Waals surface area contributed by atoms with E-state index in [1.165, 1.54) is 13.1 Å². The van der Waals surface area contributed by atoms with Crippen LogP contribution in [0.25, 0.3) is 0 Å². The van der Waals surface area contributed by atoms with Gasteiger partial charge in [0.15, 0.2) is 0 Å². The fraction of sp³-hybridized carbons (Fsp3) is 1.00. The van der Waals surface area contributed by atoms with Crippen LogP contribution < -0.4 is 5.32 Å². The Morgan fingerprint density at radius 1 is 1.57 bits per heavy atom. The molecule has 0 amide bonds. The van der Waals surface area contributed by atoms with E-state index in [4.69, 9.17) is 4.74 Å². The first-order valence-electron chi connectivity index (χ1n) is 5.62. The molecule has 2 aliphatic rings. The monoisotopic (exact) mass is 198 g/mol. The maximum absolute atomic E-state index is 5.63. The molecule has 0 saturated carbocycles. The molecule has 2 rings (SSSR count). The standard InChI is InChI=1S/C11H22N2O/c1-9(2)12-6-11-7-13(3)4-10(11)5-14-8-11/h9-10,12H,4-8H2,1-3H3. The topological polar surface area (TPSA) is 24.5 Å². The van der Waals surface area contributed by atoms with Gasteiger partial charge >= 0.3 is 0 Å². The Morgan fingerprint density at radius 3 is 3.07 bits per heavy atom. The molecule has 0 aliphatic carbocycles. The third kappa shape index (κ3) is 1.81. The molecular weight excluding hydrogens is 176 g/mol. The highest BCUT2D eigenvalue weighted by molar-refractivity contribution is 5.00. The maximum Gasteiger partial charge on any atom is 0.0551 e. The molecule has 2 fully saturated rings. The summed E-state index contributed by atoms with van der Waals surface area (Å²) >= 11 is 0. The number of nitrogens with zero attached hydrogens (tertiary/aromatic N) is 1. The number of hydrogen-bond acceptors (Lipinski definition) is 3. The zero-order valence-corrected chi connectivity index (χ0v) is 9.55. The minimum atomic E-state index is 0.402. The number of likely N-dealkylation sites (tertiary alicyclic amines) is 1. The Morgan fingerprint density at radius 2 is 2.36 bits per heavy atom. The number of hydrogen-bond donors (Lipinski definition) is 1. The first-order valence-corrected chi connectivity index (χ1v) is 5.62. The summed E-state index contributed by atoms with van der Waals surface area (Å²) in [6.45, 7) is 9.84. The van der Waals surface area contributed by atoms with Gasteiger partial charge in [-0.25, -0.2) is 0 Å². The Kier molecular flexibility index (Phi) is 2.82. The van der Waals surface area contributed by atoms with Crippen LogP contribution in [0.3, 0.4) is 0 Å². The summed E-state index contributed by atoms with van der Waals surface area (Å²) in [7, 11) is 2.22. The number of nitrogens with one attached hydrogen (secondary N) is 1. The molecule has 2 aliphatic heterocycles. The molecule has 2 unspecified atom stereocenters. The van der Waals surface area contributed by atoms with E-state index in [2.05, 4.69) is 31.1 Å². The van der Waals surface area contributed by atoms with Crippen LogP contribution in [-0.4, -0.2) is 50.8 Å². The second-order valence-corrected chi connectivity index (χ2v) is 5.31. The lowest BCUT2D eigenvalue weighted by molar-refractivity contribution is 0.132. The summed E-state index contributed by atoms with van der Waals surface area (Å²) in [6, 6.07) is 0.580. The normalized spacial score (nSPS) is 38.1. The van der Waals surface area contributed by atoms with Crippen LogP contribution in [0, 0.1) is 11.3 Å². The summed E-state index contributed by atoms with van der Waals surface area (Å²) in [5.74, 6) is 0.749. The van der Waals surface area contributed by atoms with Crippen LogP contribution in [0.1, 0.15) is 13.8 Å². The highest BCUT2D eigenvalue weighted by Crippen LogP contribution is 2.40. The summed E-state index contributed by atoms with van der Waals surface area (Å²) in [5, 5.41) is 3.56. The van der Waals surface area contributed by atoms with Gasteiger partial charge < -0.3 is 15.0 Å². The van der Waals surface area contributed by atoms with Gasteiger partial charge in [-0.15, -0.1) is 0 Å². The van der Waals surface area contributed by atoms with Crippen molar-refractivity contribution in [1.82, 2.24) is 10.2 Å². The van der Waals surface area contributed by atoms with E-state index < -0.39 is 0 Å². The van der Waals surface area contributed by atoms with E-state index in [1.54, 1.807) is 0 Å². The summed E-state index contributed by atoms with van der Waals surface area (Å²) in [6.07, 6.45) is 0. The largest absolute Gasteiger partial charge is 0.380 e. The smallest absolute Gasteiger partial charge is 0.0551 e. The lowest BCUT2D eigenvalue weighted by Gasteiger charge is -2.28. The van der Waals surface area contributed by atoms with Crippen molar-refractivity contribution in [1.29, 1.82) is 0 Å². The van der Waals surface area contributed by atoms with Gasteiger partial charge in [0.25, 0.3) is 0 Å². The van der Waals surface area contributed by atoms with Gasteiger partial charge in [0.1, 0.15) is 0 Å². The van der Waals surface area contributed by atoms with Gasteiger partial charge in [0, 0.05) is 37.0 Å². The number of ether oxygens (including phenoxy) is 1. The van der Waals surface area contributed by atoms with Gasteiger partial charge in [0.05, 0.1) is 13.2 Å². The van der Waals surface area contributed by atoms with E-state index in [0.717, 1.165) is 25.7 Å². The molecule has 0 spiro atoms. The van der Waals surface area contributed by atoms with Crippen LogP contribution in [-0.2, 0) is 4.74 Å². The minimum Gasteiger partial charge on any atom is -0.380 e. The molecule has 82 valence electrons. The molecular formula is C11H22N2O. The van der Waals surface area contributed by atoms with Crippen LogP contribution in [0.2, 0.25) is 0 Å². The third-order valence-corrected chi connectivity index (χ3v) is 3.55. The molecule has 0 aromatic carbocycles. The Balaban J connectivity index is 1.98. The first kappa shape index (κ1) is 10.4. The molecule has 0 radical (unpaired) electrons. The van der Waals surface area contributed by atoms with Crippen molar-refractivity contribution in [3.05, 3.63) is 0 Å². The first-order chi connectivity index (χ1) is 6.62. The lowest BCUT2D eigenvalue weighted by Crippen LogP contribution is -2.42. The molecule has 3 heteroatoms. The predicted octanol–water partition coefficient (Wildman–Crippen LogP) is 0.563. The Hall–Kier alpha value is -0.120. The van der Waals surface area contributed by atoms with Crippen LogP contribution >= 0.6 is 0 Å². The third-order valence-electron chi connectivity index (χ3n) is 3.55.